The molecule has 0 bridgehead atoms. The highest BCUT2D eigenvalue weighted by atomic mass is 16.5. The van der Waals surface area contributed by atoms with Gasteiger partial charge in [-0.05, 0) is 25.0 Å². The molecule has 4 nitrogen and oxygen atoms in total. The van der Waals surface area contributed by atoms with E-state index in [-0.39, 0.29) is 6.04 Å². The monoisotopic (exact) mass is 264 g/mol. The molecule has 0 fully saturated rings. The second-order valence-corrected chi connectivity index (χ2v) is 5.08. The van der Waals surface area contributed by atoms with Crippen molar-refractivity contribution in [1.82, 2.24) is 4.90 Å². The zero-order valence-electron chi connectivity index (χ0n) is 12.3. The molecule has 0 saturated heterocycles. The Kier molecular flexibility index (Phi) is 4.32. The van der Waals surface area contributed by atoms with Crippen molar-refractivity contribution in [2.45, 2.75) is 38.9 Å². The maximum Gasteiger partial charge on any atom is 0.127 e. The Morgan fingerprint density at radius 1 is 1.37 bits per heavy atom. The van der Waals surface area contributed by atoms with E-state index in [9.17, 15) is 0 Å². The smallest absolute Gasteiger partial charge is 0.127 e. The van der Waals surface area contributed by atoms with Gasteiger partial charge in [0.05, 0.1) is 20.3 Å². The highest BCUT2D eigenvalue weighted by molar-refractivity contribution is 5.50. The molecule has 2 unspecified atom stereocenters. The number of hydrogen-bond acceptors (Lipinski definition) is 4. The van der Waals surface area contributed by atoms with Crippen molar-refractivity contribution in [3.8, 4) is 11.5 Å². The van der Waals surface area contributed by atoms with Crippen LogP contribution in [-0.4, -0.2) is 31.7 Å². The summed E-state index contributed by atoms with van der Waals surface area (Å²) in [5.74, 6) is 1.73. The number of nitrogens with zero attached hydrogens (tertiary/aromatic N) is 1. The van der Waals surface area contributed by atoms with Crippen LogP contribution in [0.2, 0.25) is 0 Å². The first kappa shape index (κ1) is 14.2. The predicted octanol–water partition coefficient (Wildman–Crippen LogP) is 2.32. The Balaban J connectivity index is 2.45. The maximum absolute atomic E-state index is 6.00. The summed E-state index contributed by atoms with van der Waals surface area (Å²) in [5, 5.41) is 0. The van der Waals surface area contributed by atoms with Gasteiger partial charge in [-0.15, -0.1) is 0 Å². The van der Waals surface area contributed by atoms with Gasteiger partial charge in [0.2, 0.25) is 0 Å². The first-order valence-corrected chi connectivity index (χ1v) is 6.86. The van der Waals surface area contributed by atoms with E-state index >= 15 is 0 Å². The molecule has 0 spiro atoms. The summed E-state index contributed by atoms with van der Waals surface area (Å²) in [6, 6.07) is 4.80. The Bertz CT molecular complexity index is 448. The molecule has 1 aliphatic rings. The molecule has 1 aromatic carbocycles. The molecule has 0 aliphatic carbocycles. The fourth-order valence-corrected chi connectivity index (χ4v) is 2.88. The van der Waals surface area contributed by atoms with E-state index in [0.717, 1.165) is 24.5 Å². The van der Waals surface area contributed by atoms with Crippen molar-refractivity contribution in [2.24, 2.45) is 5.73 Å². The fourth-order valence-electron chi connectivity index (χ4n) is 2.88. The second-order valence-electron chi connectivity index (χ2n) is 5.08. The van der Waals surface area contributed by atoms with Gasteiger partial charge in [0.1, 0.15) is 11.5 Å². The zero-order chi connectivity index (χ0) is 14.0. The molecule has 2 N–H and O–H groups in total. The van der Waals surface area contributed by atoms with Gasteiger partial charge in [0.15, 0.2) is 0 Å². The van der Waals surface area contributed by atoms with E-state index in [0.29, 0.717) is 12.6 Å². The van der Waals surface area contributed by atoms with E-state index in [1.165, 1.54) is 11.1 Å². The van der Waals surface area contributed by atoms with Crippen LogP contribution in [0.4, 0.5) is 0 Å². The van der Waals surface area contributed by atoms with Crippen LogP contribution in [0.25, 0.3) is 0 Å². The Morgan fingerprint density at radius 2 is 2.11 bits per heavy atom. The number of fused-ring (bicyclic) bond motifs is 1. The Morgan fingerprint density at radius 3 is 2.63 bits per heavy atom. The largest absolute Gasteiger partial charge is 0.497 e. The number of ether oxygens (including phenoxy) is 2. The average Bonchev–Trinajstić information content (AvgIpc) is 2.83. The number of methoxy groups -OCH3 is 2. The summed E-state index contributed by atoms with van der Waals surface area (Å²) in [6.45, 7) is 5.98. The molecule has 1 aromatic rings. The van der Waals surface area contributed by atoms with Crippen LogP contribution in [0.15, 0.2) is 12.1 Å². The van der Waals surface area contributed by atoms with Crippen LogP contribution >= 0.6 is 0 Å². The standard InChI is InChI=1S/C15H24N2O2/c1-5-10(2)17-9-11-6-12(18-3)7-14(19-4)15(11)13(17)8-16/h6-7,10,13H,5,8-9,16H2,1-4H3. The Labute approximate surface area is 115 Å². The fraction of sp³-hybridized carbons (Fsp3) is 0.600. The molecular weight excluding hydrogens is 240 g/mol. The molecule has 1 aliphatic heterocycles. The highest BCUT2D eigenvalue weighted by Crippen LogP contribution is 2.42. The van der Waals surface area contributed by atoms with Crippen LogP contribution in [-0.2, 0) is 6.54 Å². The predicted molar refractivity (Wildman–Crippen MR) is 76.6 cm³/mol. The van der Waals surface area contributed by atoms with Crippen molar-refractivity contribution in [2.75, 3.05) is 20.8 Å². The summed E-state index contributed by atoms with van der Waals surface area (Å²) >= 11 is 0. The van der Waals surface area contributed by atoms with Crippen molar-refractivity contribution in [1.29, 1.82) is 0 Å². The van der Waals surface area contributed by atoms with E-state index in [4.69, 9.17) is 15.2 Å². The molecule has 0 amide bonds. The summed E-state index contributed by atoms with van der Waals surface area (Å²) in [6.07, 6.45) is 1.12. The van der Waals surface area contributed by atoms with Crippen LogP contribution < -0.4 is 15.2 Å². The van der Waals surface area contributed by atoms with E-state index in [1.54, 1.807) is 14.2 Å². The van der Waals surface area contributed by atoms with Crippen molar-refractivity contribution in [3.05, 3.63) is 23.3 Å². The maximum atomic E-state index is 6.00. The van der Waals surface area contributed by atoms with Gasteiger partial charge in [-0.3, -0.25) is 4.90 Å². The van der Waals surface area contributed by atoms with Gasteiger partial charge in [-0.2, -0.15) is 0 Å². The minimum Gasteiger partial charge on any atom is -0.497 e. The molecule has 4 heteroatoms. The second kappa shape index (κ2) is 5.80. The quantitative estimate of drug-likeness (QED) is 0.886. The minimum atomic E-state index is 0.241. The number of nitrogens with two attached hydrogens (primary N) is 1. The lowest BCUT2D eigenvalue weighted by Gasteiger charge is -2.29. The normalized spacial score (nSPS) is 20.2. The van der Waals surface area contributed by atoms with Gasteiger partial charge in [0, 0.05) is 30.8 Å². The van der Waals surface area contributed by atoms with Crippen molar-refractivity contribution >= 4 is 0 Å². The van der Waals surface area contributed by atoms with Gasteiger partial charge in [0.25, 0.3) is 0 Å². The van der Waals surface area contributed by atoms with Crippen LogP contribution in [0.1, 0.15) is 37.4 Å². The highest BCUT2D eigenvalue weighted by Gasteiger charge is 2.34. The third-order valence-electron chi connectivity index (χ3n) is 4.12. The molecule has 2 rings (SSSR count). The zero-order valence-corrected chi connectivity index (χ0v) is 12.3. The van der Waals surface area contributed by atoms with Gasteiger partial charge in [-0.25, -0.2) is 0 Å². The molecule has 106 valence electrons. The molecule has 0 radical (unpaired) electrons. The first-order valence-electron chi connectivity index (χ1n) is 6.86. The third-order valence-corrected chi connectivity index (χ3v) is 4.12. The lowest BCUT2D eigenvalue weighted by molar-refractivity contribution is 0.155. The van der Waals surface area contributed by atoms with Crippen LogP contribution in [0.3, 0.4) is 0 Å². The number of hydrogen-bond donors (Lipinski definition) is 1. The SMILES string of the molecule is CCC(C)N1Cc2cc(OC)cc(OC)c2C1CN. The van der Waals surface area contributed by atoms with E-state index in [2.05, 4.69) is 24.8 Å². The van der Waals surface area contributed by atoms with Crippen LogP contribution in [0.5, 0.6) is 11.5 Å². The summed E-state index contributed by atoms with van der Waals surface area (Å²) in [4.78, 5) is 2.45. The molecule has 0 saturated carbocycles. The van der Waals surface area contributed by atoms with Crippen molar-refractivity contribution in [3.63, 3.8) is 0 Å². The third kappa shape index (κ3) is 2.42. The summed E-state index contributed by atoms with van der Waals surface area (Å²) in [5.41, 5.74) is 8.50. The number of rotatable bonds is 5. The van der Waals surface area contributed by atoms with Crippen molar-refractivity contribution < 1.29 is 9.47 Å². The topological polar surface area (TPSA) is 47.7 Å². The van der Waals surface area contributed by atoms with Gasteiger partial charge in [-0.1, -0.05) is 6.92 Å². The summed E-state index contributed by atoms with van der Waals surface area (Å²) < 4.78 is 10.9. The van der Waals surface area contributed by atoms with Gasteiger partial charge >= 0.3 is 0 Å². The lowest BCUT2D eigenvalue weighted by atomic mass is 10.0. The van der Waals surface area contributed by atoms with Gasteiger partial charge < -0.3 is 15.2 Å². The van der Waals surface area contributed by atoms with E-state index in [1.807, 2.05) is 6.07 Å². The molecule has 0 aromatic heterocycles. The summed E-state index contributed by atoms with van der Waals surface area (Å²) in [7, 11) is 3.39. The lowest BCUT2D eigenvalue weighted by Crippen LogP contribution is -2.34. The Hall–Kier alpha value is -1.26. The average molecular weight is 264 g/mol. The van der Waals surface area contributed by atoms with E-state index < -0.39 is 0 Å². The number of benzene rings is 1. The first-order chi connectivity index (χ1) is 9.15. The molecule has 1 heterocycles. The van der Waals surface area contributed by atoms with Crippen LogP contribution in [0, 0.1) is 0 Å². The molecule has 2 atom stereocenters. The molecule has 19 heavy (non-hydrogen) atoms. The molecular formula is C15H24N2O2. The minimum absolute atomic E-state index is 0.241.